The molecule has 0 bridgehead atoms. The molecule has 0 aliphatic carbocycles. The summed E-state index contributed by atoms with van der Waals surface area (Å²) in [5, 5.41) is 17.1. The van der Waals surface area contributed by atoms with Crippen LogP contribution in [0.15, 0.2) is 30.6 Å². The number of phenolic OH excluding ortho intramolecular Hbond substituents is 1. The summed E-state index contributed by atoms with van der Waals surface area (Å²) in [5.74, 6) is 1.02. The maximum Gasteiger partial charge on any atom is 0.222 e. The Morgan fingerprint density at radius 3 is 3.07 bits per heavy atom. The lowest BCUT2D eigenvalue weighted by Crippen LogP contribution is -2.54. The van der Waals surface area contributed by atoms with Crippen molar-refractivity contribution in [1.29, 1.82) is 0 Å². The number of H-pyrrole nitrogens is 1. The van der Waals surface area contributed by atoms with Crippen LogP contribution in [0.4, 0.5) is 0 Å². The first-order valence-corrected chi connectivity index (χ1v) is 10.9. The van der Waals surface area contributed by atoms with Crippen molar-refractivity contribution in [3.05, 3.63) is 41.7 Å². The lowest BCUT2D eigenvalue weighted by atomic mass is 9.74. The van der Waals surface area contributed by atoms with Gasteiger partial charge in [0.1, 0.15) is 5.60 Å². The number of ether oxygens (including phenoxy) is 2. The van der Waals surface area contributed by atoms with E-state index in [-0.39, 0.29) is 35.8 Å². The Bertz CT molecular complexity index is 927. The molecule has 3 aliphatic heterocycles. The summed E-state index contributed by atoms with van der Waals surface area (Å²) in [5.41, 5.74) is 1.57. The van der Waals surface area contributed by atoms with Crippen LogP contribution in [0, 0.1) is 5.92 Å². The summed E-state index contributed by atoms with van der Waals surface area (Å²) in [4.78, 5) is 15.0. The Hall–Kier alpha value is -2.54. The fourth-order valence-electron chi connectivity index (χ4n) is 5.40. The van der Waals surface area contributed by atoms with Gasteiger partial charge in [0.15, 0.2) is 11.5 Å². The van der Waals surface area contributed by atoms with Crippen LogP contribution in [0.1, 0.15) is 56.8 Å². The number of nitrogens with zero attached hydrogens (tertiary/aromatic N) is 2. The first-order valence-electron chi connectivity index (χ1n) is 10.9. The van der Waals surface area contributed by atoms with E-state index in [1.807, 2.05) is 29.4 Å². The third kappa shape index (κ3) is 3.25. The second-order valence-corrected chi connectivity index (χ2v) is 9.24. The van der Waals surface area contributed by atoms with E-state index < -0.39 is 5.60 Å². The number of nitrogens with one attached hydrogen (secondary N) is 1. The quantitative estimate of drug-likeness (QED) is 0.806. The zero-order valence-corrected chi connectivity index (χ0v) is 17.5. The number of aromatic amines is 1. The van der Waals surface area contributed by atoms with Crippen LogP contribution >= 0.6 is 0 Å². The van der Waals surface area contributed by atoms with E-state index in [1.165, 1.54) is 0 Å². The van der Waals surface area contributed by atoms with Gasteiger partial charge in [-0.25, -0.2) is 0 Å². The van der Waals surface area contributed by atoms with Gasteiger partial charge >= 0.3 is 0 Å². The molecule has 2 fully saturated rings. The van der Waals surface area contributed by atoms with Crippen molar-refractivity contribution >= 4 is 5.91 Å². The minimum atomic E-state index is -0.486. The second kappa shape index (κ2) is 7.30. The molecule has 0 spiro atoms. The molecular weight excluding hydrogens is 382 g/mol. The average molecular weight is 412 g/mol. The molecule has 1 aromatic carbocycles. The van der Waals surface area contributed by atoms with Crippen LogP contribution in [0.2, 0.25) is 0 Å². The molecule has 30 heavy (non-hydrogen) atoms. The van der Waals surface area contributed by atoms with Crippen LogP contribution in [0.3, 0.4) is 0 Å². The molecule has 2 saturated heterocycles. The second-order valence-electron chi connectivity index (χ2n) is 9.24. The van der Waals surface area contributed by atoms with Crippen molar-refractivity contribution in [2.45, 2.75) is 69.8 Å². The van der Waals surface area contributed by atoms with Crippen LogP contribution in [-0.2, 0) is 16.0 Å². The molecule has 7 nitrogen and oxygen atoms in total. The number of aryl methyl sites for hydroxylation is 1. The van der Waals surface area contributed by atoms with Crippen LogP contribution in [0.5, 0.6) is 11.5 Å². The minimum absolute atomic E-state index is 0.0353. The fourth-order valence-corrected chi connectivity index (χ4v) is 5.40. The third-order valence-corrected chi connectivity index (χ3v) is 6.99. The number of fused-ring (bicyclic) bond motifs is 4. The molecular formula is C23H29N3O4. The molecule has 1 aromatic heterocycles. The number of para-hydroxylation sites is 1. The highest BCUT2D eigenvalue weighted by Crippen LogP contribution is 2.54. The number of rotatable bonds is 4. The van der Waals surface area contributed by atoms with Crippen molar-refractivity contribution in [2.75, 3.05) is 6.54 Å². The number of benzene rings is 1. The summed E-state index contributed by atoms with van der Waals surface area (Å²) in [7, 11) is 0. The first-order chi connectivity index (χ1) is 14.4. The Morgan fingerprint density at radius 2 is 2.27 bits per heavy atom. The molecule has 2 N–H and O–H groups in total. The predicted octanol–water partition coefficient (Wildman–Crippen LogP) is 3.36. The highest BCUT2D eigenvalue weighted by molar-refractivity contribution is 5.77. The van der Waals surface area contributed by atoms with Crippen molar-refractivity contribution in [1.82, 2.24) is 15.1 Å². The lowest BCUT2D eigenvalue weighted by Gasteiger charge is -2.50. The summed E-state index contributed by atoms with van der Waals surface area (Å²) in [6.45, 7) is 4.85. The van der Waals surface area contributed by atoms with E-state index in [4.69, 9.17) is 9.47 Å². The first kappa shape index (κ1) is 19.4. The standard InChI is InChI=1S/C23H29N3O4/c1-23(2)16-11-17-19(29-21(16)15-6-4-7-18(27)22(15)30-23)9-10-26(17)20(28)8-3-5-14-12-24-25-13-14/h4,6-7,12-13,16-17,19,21,27H,3,5,8-11H2,1-2H3,(H,24,25)/t16-,17-,19-,21+/m1/s1. The van der Waals surface area contributed by atoms with Gasteiger partial charge in [-0.1, -0.05) is 12.1 Å². The molecule has 0 unspecified atom stereocenters. The number of aromatic hydroxyl groups is 1. The van der Waals surface area contributed by atoms with Gasteiger partial charge < -0.3 is 19.5 Å². The Balaban J connectivity index is 1.30. The molecule has 0 saturated carbocycles. The normalized spacial score (nSPS) is 28.9. The number of carbonyl (C=O) groups is 1. The van der Waals surface area contributed by atoms with Gasteiger partial charge in [0.05, 0.1) is 24.4 Å². The van der Waals surface area contributed by atoms with Crippen molar-refractivity contribution in [3.8, 4) is 11.5 Å². The van der Waals surface area contributed by atoms with Crippen molar-refractivity contribution in [2.24, 2.45) is 5.92 Å². The predicted molar refractivity (Wildman–Crippen MR) is 110 cm³/mol. The maximum absolute atomic E-state index is 13.0. The van der Waals surface area contributed by atoms with E-state index >= 15 is 0 Å². The van der Waals surface area contributed by atoms with E-state index in [0.29, 0.717) is 12.2 Å². The van der Waals surface area contributed by atoms with Gasteiger partial charge in [-0.3, -0.25) is 9.89 Å². The number of hydrogen-bond acceptors (Lipinski definition) is 5. The number of hydrogen-bond donors (Lipinski definition) is 2. The van der Waals surface area contributed by atoms with Gasteiger partial charge in [-0.15, -0.1) is 0 Å². The molecule has 4 atom stereocenters. The van der Waals surface area contributed by atoms with Crippen molar-refractivity contribution in [3.63, 3.8) is 0 Å². The van der Waals surface area contributed by atoms with E-state index in [2.05, 4.69) is 24.0 Å². The van der Waals surface area contributed by atoms with Gasteiger partial charge in [-0.05, 0) is 51.2 Å². The zero-order chi connectivity index (χ0) is 20.9. The Labute approximate surface area is 176 Å². The van der Waals surface area contributed by atoms with Gasteiger partial charge in [0.25, 0.3) is 0 Å². The molecule has 0 radical (unpaired) electrons. The third-order valence-electron chi connectivity index (χ3n) is 6.99. The SMILES string of the molecule is CC1(C)Oc2c(O)cccc2[C@@H]2O[C@@H]3CCN(C(=O)CCCc4cn[nH]c4)[C@@H]3C[C@H]21. The van der Waals surface area contributed by atoms with Gasteiger partial charge in [-0.2, -0.15) is 5.10 Å². The van der Waals surface area contributed by atoms with Gasteiger partial charge in [0.2, 0.25) is 5.91 Å². The highest BCUT2D eigenvalue weighted by atomic mass is 16.5. The summed E-state index contributed by atoms with van der Waals surface area (Å²) >= 11 is 0. The Morgan fingerprint density at radius 1 is 1.40 bits per heavy atom. The van der Waals surface area contributed by atoms with Gasteiger partial charge in [0, 0.05) is 30.6 Å². The van der Waals surface area contributed by atoms with Crippen LogP contribution < -0.4 is 4.74 Å². The molecule has 5 rings (SSSR count). The minimum Gasteiger partial charge on any atom is -0.504 e. The van der Waals surface area contributed by atoms with Crippen LogP contribution in [0.25, 0.3) is 0 Å². The number of carbonyl (C=O) groups excluding carboxylic acids is 1. The van der Waals surface area contributed by atoms with Crippen LogP contribution in [-0.4, -0.2) is 50.4 Å². The number of aromatic nitrogens is 2. The molecule has 3 aliphatic rings. The maximum atomic E-state index is 13.0. The highest BCUT2D eigenvalue weighted by Gasteiger charge is 2.54. The largest absolute Gasteiger partial charge is 0.504 e. The lowest BCUT2D eigenvalue weighted by molar-refractivity contribution is -0.168. The average Bonchev–Trinajstić information content (AvgIpc) is 3.37. The van der Waals surface area contributed by atoms with E-state index in [0.717, 1.165) is 43.4 Å². The molecule has 1 amide bonds. The summed E-state index contributed by atoms with van der Waals surface area (Å²) in [6, 6.07) is 5.57. The number of likely N-dealkylation sites (tertiary alicyclic amines) is 1. The molecule has 7 heteroatoms. The van der Waals surface area contributed by atoms with Crippen molar-refractivity contribution < 1.29 is 19.4 Å². The molecule has 2 aromatic rings. The summed E-state index contributed by atoms with van der Waals surface area (Å²) < 4.78 is 12.8. The monoisotopic (exact) mass is 411 g/mol. The fraction of sp³-hybridized carbons (Fsp3) is 0.565. The molecule has 160 valence electrons. The molecule has 4 heterocycles. The van der Waals surface area contributed by atoms with E-state index in [9.17, 15) is 9.90 Å². The van der Waals surface area contributed by atoms with E-state index in [1.54, 1.807) is 6.07 Å². The smallest absolute Gasteiger partial charge is 0.222 e. The number of amides is 1. The number of phenols is 1. The Kier molecular flexibility index (Phi) is 4.73. The summed E-state index contributed by atoms with van der Waals surface area (Å²) in [6.07, 6.45) is 7.54. The topological polar surface area (TPSA) is 87.7 Å². The zero-order valence-electron chi connectivity index (χ0n) is 17.5.